The monoisotopic (exact) mass is 265 g/mol. The van der Waals surface area contributed by atoms with E-state index in [-0.39, 0.29) is 0 Å². The minimum atomic E-state index is 0.474. The van der Waals surface area contributed by atoms with Crippen LogP contribution in [0.2, 0.25) is 0 Å². The van der Waals surface area contributed by atoms with Gasteiger partial charge in [-0.25, -0.2) is 0 Å². The largest absolute Gasteiger partial charge is 0.493 e. The molecule has 3 nitrogen and oxygen atoms in total. The van der Waals surface area contributed by atoms with Crippen molar-refractivity contribution >= 4 is 0 Å². The average Bonchev–Trinajstić information content (AvgIpc) is 2.37. The number of methoxy groups -OCH3 is 2. The lowest BCUT2D eigenvalue weighted by molar-refractivity contribution is 0.353. The Morgan fingerprint density at radius 2 is 1.63 bits per heavy atom. The number of ether oxygens (including phenoxy) is 2. The Morgan fingerprint density at radius 1 is 1.00 bits per heavy atom. The van der Waals surface area contributed by atoms with Crippen LogP contribution in [0.3, 0.4) is 0 Å². The van der Waals surface area contributed by atoms with Gasteiger partial charge in [0.1, 0.15) is 0 Å². The van der Waals surface area contributed by atoms with Crippen molar-refractivity contribution < 1.29 is 9.47 Å². The van der Waals surface area contributed by atoms with E-state index in [1.165, 1.54) is 5.56 Å². The van der Waals surface area contributed by atoms with E-state index in [2.05, 4.69) is 45.1 Å². The molecule has 1 N–H and O–H groups in total. The number of hydrogen-bond donors (Lipinski definition) is 1. The maximum Gasteiger partial charge on any atom is 0.160 e. The van der Waals surface area contributed by atoms with Crippen LogP contribution in [0.4, 0.5) is 0 Å². The van der Waals surface area contributed by atoms with Crippen molar-refractivity contribution in [3.8, 4) is 11.5 Å². The number of hydrogen-bond acceptors (Lipinski definition) is 3. The second-order valence-corrected chi connectivity index (χ2v) is 5.53. The molecule has 3 heteroatoms. The first kappa shape index (κ1) is 15.8. The van der Waals surface area contributed by atoms with Crippen LogP contribution in [0.25, 0.3) is 0 Å². The molecule has 0 spiro atoms. The minimum absolute atomic E-state index is 0.474. The van der Waals surface area contributed by atoms with Gasteiger partial charge in [0.2, 0.25) is 0 Å². The van der Waals surface area contributed by atoms with Crippen molar-refractivity contribution in [3.05, 3.63) is 23.8 Å². The van der Waals surface area contributed by atoms with Gasteiger partial charge in [-0.05, 0) is 29.5 Å². The molecule has 0 fully saturated rings. The van der Waals surface area contributed by atoms with Gasteiger partial charge in [-0.3, -0.25) is 0 Å². The SMILES string of the molecule is COc1ccc(C(CNC(C)C)C(C)C)cc1OC. The highest BCUT2D eigenvalue weighted by molar-refractivity contribution is 5.44. The minimum Gasteiger partial charge on any atom is -0.493 e. The predicted octanol–water partition coefficient (Wildman–Crippen LogP) is 3.44. The van der Waals surface area contributed by atoms with E-state index in [1.54, 1.807) is 14.2 Å². The molecule has 0 aromatic heterocycles. The molecular formula is C16H27NO2. The van der Waals surface area contributed by atoms with Gasteiger partial charge in [-0.15, -0.1) is 0 Å². The zero-order valence-corrected chi connectivity index (χ0v) is 13.0. The summed E-state index contributed by atoms with van der Waals surface area (Å²) in [5, 5.41) is 3.52. The maximum atomic E-state index is 5.39. The standard InChI is InChI=1S/C16H27NO2/c1-11(2)14(10-17-12(3)4)13-7-8-15(18-5)16(9-13)19-6/h7-9,11-12,14,17H,10H2,1-6H3. The first-order valence-electron chi connectivity index (χ1n) is 6.94. The molecule has 0 aliphatic carbocycles. The van der Waals surface area contributed by atoms with Crippen molar-refractivity contribution in [3.63, 3.8) is 0 Å². The summed E-state index contributed by atoms with van der Waals surface area (Å²) in [6.07, 6.45) is 0. The molecule has 0 aliphatic rings. The highest BCUT2D eigenvalue weighted by atomic mass is 16.5. The van der Waals surface area contributed by atoms with Crippen LogP contribution in [0.5, 0.6) is 11.5 Å². The smallest absolute Gasteiger partial charge is 0.160 e. The third kappa shape index (κ3) is 4.43. The fraction of sp³-hybridized carbons (Fsp3) is 0.625. The molecule has 1 unspecified atom stereocenters. The summed E-state index contributed by atoms with van der Waals surface area (Å²) in [6, 6.07) is 6.71. The molecule has 0 amide bonds. The van der Waals surface area contributed by atoms with Crippen LogP contribution in [0, 0.1) is 5.92 Å². The van der Waals surface area contributed by atoms with Crippen molar-refractivity contribution in [1.82, 2.24) is 5.32 Å². The van der Waals surface area contributed by atoms with E-state index >= 15 is 0 Å². The van der Waals surface area contributed by atoms with Gasteiger partial charge in [0.25, 0.3) is 0 Å². The molecule has 1 aromatic carbocycles. The van der Waals surface area contributed by atoms with E-state index < -0.39 is 0 Å². The molecule has 0 heterocycles. The van der Waals surface area contributed by atoms with E-state index in [0.717, 1.165) is 18.0 Å². The van der Waals surface area contributed by atoms with Crippen LogP contribution in [-0.2, 0) is 0 Å². The molecular weight excluding hydrogens is 238 g/mol. The summed E-state index contributed by atoms with van der Waals surface area (Å²) in [5.74, 6) is 2.63. The second-order valence-electron chi connectivity index (χ2n) is 5.53. The Kier molecular flexibility index (Phi) is 6.16. The second kappa shape index (κ2) is 7.39. The zero-order chi connectivity index (χ0) is 14.4. The van der Waals surface area contributed by atoms with Gasteiger partial charge in [0, 0.05) is 12.6 Å². The van der Waals surface area contributed by atoms with Crippen LogP contribution >= 0.6 is 0 Å². The van der Waals surface area contributed by atoms with Crippen molar-refractivity contribution in [2.45, 2.75) is 39.7 Å². The predicted molar refractivity (Wildman–Crippen MR) is 80.3 cm³/mol. The highest BCUT2D eigenvalue weighted by Crippen LogP contribution is 2.33. The molecule has 1 rings (SSSR count). The zero-order valence-electron chi connectivity index (χ0n) is 13.0. The van der Waals surface area contributed by atoms with Crippen LogP contribution in [0.15, 0.2) is 18.2 Å². The van der Waals surface area contributed by atoms with Crippen molar-refractivity contribution in [1.29, 1.82) is 0 Å². The molecule has 0 radical (unpaired) electrons. The third-order valence-corrected chi connectivity index (χ3v) is 3.39. The molecule has 0 aliphatic heterocycles. The lowest BCUT2D eigenvalue weighted by Crippen LogP contribution is -2.30. The summed E-state index contributed by atoms with van der Waals surface area (Å²) >= 11 is 0. The van der Waals surface area contributed by atoms with Crippen LogP contribution < -0.4 is 14.8 Å². The van der Waals surface area contributed by atoms with Crippen LogP contribution in [0.1, 0.15) is 39.2 Å². The lowest BCUT2D eigenvalue weighted by atomic mass is 9.88. The quantitative estimate of drug-likeness (QED) is 0.819. The summed E-state index contributed by atoms with van der Waals surface area (Å²) in [5.41, 5.74) is 1.29. The molecule has 19 heavy (non-hydrogen) atoms. The summed E-state index contributed by atoms with van der Waals surface area (Å²) in [4.78, 5) is 0. The normalized spacial score (nSPS) is 12.8. The first-order valence-corrected chi connectivity index (χ1v) is 6.94. The van der Waals surface area contributed by atoms with E-state index in [0.29, 0.717) is 17.9 Å². The highest BCUT2D eigenvalue weighted by Gasteiger charge is 2.18. The molecule has 1 aromatic rings. The van der Waals surface area contributed by atoms with E-state index in [9.17, 15) is 0 Å². The fourth-order valence-corrected chi connectivity index (χ4v) is 2.18. The van der Waals surface area contributed by atoms with Gasteiger partial charge >= 0.3 is 0 Å². The van der Waals surface area contributed by atoms with Gasteiger partial charge in [-0.2, -0.15) is 0 Å². The summed E-state index contributed by atoms with van der Waals surface area (Å²) < 4.78 is 10.7. The Bertz CT molecular complexity index is 388. The molecule has 0 saturated carbocycles. The summed E-state index contributed by atoms with van der Waals surface area (Å²) in [7, 11) is 3.34. The molecule has 108 valence electrons. The van der Waals surface area contributed by atoms with Crippen molar-refractivity contribution in [2.75, 3.05) is 20.8 Å². The number of rotatable bonds is 7. The maximum absolute atomic E-state index is 5.39. The summed E-state index contributed by atoms with van der Waals surface area (Å²) in [6.45, 7) is 9.83. The van der Waals surface area contributed by atoms with Gasteiger partial charge in [-0.1, -0.05) is 33.8 Å². The Balaban J connectivity index is 2.95. The Hall–Kier alpha value is -1.22. The van der Waals surface area contributed by atoms with Crippen LogP contribution in [-0.4, -0.2) is 26.8 Å². The topological polar surface area (TPSA) is 30.5 Å². The van der Waals surface area contributed by atoms with Gasteiger partial charge in [0.15, 0.2) is 11.5 Å². The average molecular weight is 265 g/mol. The number of nitrogens with one attached hydrogen (secondary N) is 1. The first-order chi connectivity index (χ1) is 8.99. The Morgan fingerprint density at radius 3 is 2.11 bits per heavy atom. The fourth-order valence-electron chi connectivity index (χ4n) is 2.18. The van der Waals surface area contributed by atoms with E-state index in [4.69, 9.17) is 9.47 Å². The van der Waals surface area contributed by atoms with E-state index in [1.807, 2.05) is 6.07 Å². The third-order valence-electron chi connectivity index (χ3n) is 3.39. The molecule has 1 atom stereocenters. The molecule has 0 saturated heterocycles. The van der Waals surface area contributed by atoms with Gasteiger partial charge in [0.05, 0.1) is 14.2 Å². The molecule has 0 bridgehead atoms. The van der Waals surface area contributed by atoms with Crippen molar-refractivity contribution in [2.24, 2.45) is 5.92 Å². The lowest BCUT2D eigenvalue weighted by Gasteiger charge is -2.24. The van der Waals surface area contributed by atoms with Gasteiger partial charge < -0.3 is 14.8 Å². The Labute approximate surface area is 117 Å². The number of benzene rings is 1.